The molecular weight excluding hydrogens is 330 g/mol. The predicted octanol–water partition coefficient (Wildman–Crippen LogP) is 2.09. The molecule has 138 valence electrons. The fourth-order valence-corrected chi connectivity index (χ4v) is 3.74. The number of benzene rings is 1. The summed E-state index contributed by atoms with van der Waals surface area (Å²) < 4.78 is 13.3. The van der Waals surface area contributed by atoms with E-state index in [1.165, 1.54) is 11.1 Å². The number of ether oxygens (including phenoxy) is 2. The molecule has 6 heteroatoms. The van der Waals surface area contributed by atoms with Gasteiger partial charge in [-0.25, -0.2) is 0 Å². The summed E-state index contributed by atoms with van der Waals surface area (Å²) in [6.45, 7) is 4.47. The minimum atomic E-state index is -0.183. The molecule has 0 spiro atoms. The van der Waals surface area contributed by atoms with Crippen molar-refractivity contribution in [3.05, 3.63) is 53.3 Å². The van der Waals surface area contributed by atoms with Gasteiger partial charge in [0.15, 0.2) is 0 Å². The molecule has 26 heavy (non-hydrogen) atoms. The minimum absolute atomic E-state index is 0.0112. The van der Waals surface area contributed by atoms with Crippen LogP contribution in [0.2, 0.25) is 0 Å². The summed E-state index contributed by atoms with van der Waals surface area (Å²) in [5, 5.41) is 7.76. The number of nitrogens with one attached hydrogen (secondary N) is 1. The van der Waals surface area contributed by atoms with Crippen molar-refractivity contribution in [2.24, 2.45) is 5.92 Å². The number of rotatable bonds is 5. The largest absolute Gasteiger partial charge is 0.378 e. The van der Waals surface area contributed by atoms with E-state index in [0.29, 0.717) is 19.8 Å². The lowest BCUT2D eigenvalue weighted by atomic mass is 10.0. The highest BCUT2D eigenvalue weighted by Crippen LogP contribution is 2.26. The highest BCUT2D eigenvalue weighted by molar-refractivity contribution is 5.79. The van der Waals surface area contributed by atoms with Crippen molar-refractivity contribution >= 4 is 5.91 Å². The van der Waals surface area contributed by atoms with E-state index in [0.717, 1.165) is 25.1 Å². The summed E-state index contributed by atoms with van der Waals surface area (Å²) in [4.78, 5) is 12.4. The molecule has 1 saturated heterocycles. The molecule has 1 N–H and O–H groups in total. The summed E-state index contributed by atoms with van der Waals surface area (Å²) in [5.41, 5.74) is 3.38. The lowest BCUT2D eigenvalue weighted by Gasteiger charge is -2.23. The smallest absolute Gasteiger partial charge is 0.225 e. The quantitative estimate of drug-likeness (QED) is 0.892. The Labute approximate surface area is 153 Å². The molecule has 4 rings (SSSR count). The van der Waals surface area contributed by atoms with Crippen LogP contribution in [0.3, 0.4) is 0 Å². The minimum Gasteiger partial charge on any atom is -0.378 e. The highest BCUT2D eigenvalue weighted by Gasteiger charge is 2.32. The first-order valence-electron chi connectivity index (χ1n) is 9.32. The third kappa shape index (κ3) is 3.66. The summed E-state index contributed by atoms with van der Waals surface area (Å²) in [5.74, 6) is -0.0110. The van der Waals surface area contributed by atoms with Gasteiger partial charge in [-0.15, -0.1) is 0 Å². The van der Waals surface area contributed by atoms with Crippen LogP contribution in [0.4, 0.5) is 0 Å². The Morgan fingerprint density at radius 1 is 1.27 bits per heavy atom. The van der Waals surface area contributed by atoms with Crippen molar-refractivity contribution in [3.63, 3.8) is 0 Å². The van der Waals surface area contributed by atoms with E-state index in [1.807, 2.05) is 29.8 Å². The first kappa shape index (κ1) is 17.2. The SMILES string of the molecule is C[C@@H]1OCC[C@@H]1C(=O)NC[C@@H]1OCCc2cn(Cc3ccccc3)nc21. The molecule has 0 radical (unpaired) electrons. The highest BCUT2D eigenvalue weighted by atomic mass is 16.5. The molecule has 3 atom stereocenters. The summed E-state index contributed by atoms with van der Waals surface area (Å²) in [6.07, 6.45) is 3.56. The van der Waals surface area contributed by atoms with Gasteiger partial charge < -0.3 is 14.8 Å². The lowest BCUT2D eigenvalue weighted by Crippen LogP contribution is -2.38. The maximum absolute atomic E-state index is 12.4. The summed E-state index contributed by atoms with van der Waals surface area (Å²) >= 11 is 0. The predicted molar refractivity (Wildman–Crippen MR) is 96.7 cm³/mol. The van der Waals surface area contributed by atoms with Crippen LogP contribution in [-0.2, 0) is 27.2 Å². The van der Waals surface area contributed by atoms with E-state index < -0.39 is 0 Å². The Hall–Kier alpha value is -2.18. The van der Waals surface area contributed by atoms with Crippen LogP contribution in [-0.4, -0.2) is 41.6 Å². The molecular formula is C20H25N3O3. The Kier molecular flexibility index (Phi) is 5.04. The van der Waals surface area contributed by atoms with Gasteiger partial charge in [0.05, 0.1) is 30.9 Å². The van der Waals surface area contributed by atoms with Crippen molar-refractivity contribution in [1.82, 2.24) is 15.1 Å². The van der Waals surface area contributed by atoms with Crippen molar-refractivity contribution in [1.29, 1.82) is 0 Å². The molecule has 1 aromatic carbocycles. The van der Waals surface area contributed by atoms with E-state index in [2.05, 4.69) is 23.6 Å². The average molecular weight is 355 g/mol. The van der Waals surface area contributed by atoms with E-state index in [-0.39, 0.29) is 24.0 Å². The molecule has 3 heterocycles. The van der Waals surface area contributed by atoms with Gasteiger partial charge in [-0.2, -0.15) is 5.10 Å². The topological polar surface area (TPSA) is 65.4 Å². The number of nitrogens with zero attached hydrogens (tertiary/aromatic N) is 2. The zero-order chi connectivity index (χ0) is 17.9. The zero-order valence-corrected chi connectivity index (χ0v) is 15.1. The molecule has 1 aromatic heterocycles. The van der Waals surface area contributed by atoms with Gasteiger partial charge in [0.1, 0.15) is 6.10 Å². The standard InChI is InChI=1S/C20H25N3O3/c1-14-17(8-10-25-14)20(24)21-11-18-19-16(7-9-26-18)13-23(22-19)12-15-5-3-2-4-6-15/h2-6,13-14,17-18H,7-12H2,1H3,(H,21,24)/t14-,17-,18-/m0/s1. The zero-order valence-electron chi connectivity index (χ0n) is 15.1. The molecule has 2 aliphatic rings. The number of aromatic nitrogens is 2. The number of fused-ring (bicyclic) bond motifs is 1. The van der Waals surface area contributed by atoms with Gasteiger partial charge in [0, 0.05) is 19.3 Å². The molecule has 0 saturated carbocycles. The molecule has 0 unspecified atom stereocenters. The average Bonchev–Trinajstić information content (AvgIpc) is 3.26. The van der Waals surface area contributed by atoms with Crippen LogP contribution in [0, 0.1) is 5.92 Å². The Balaban J connectivity index is 1.41. The van der Waals surface area contributed by atoms with Crippen molar-refractivity contribution in [2.45, 2.75) is 38.5 Å². The Morgan fingerprint density at radius 2 is 2.12 bits per heavy atom. The Bertz CT molecular complexity index is 759. The molecule has 0 bridgehead atoms. The molecule has 2 aromatic rings. The fraction of sp³-hybridized carbons (Fsp3) is 0.500. The van der Waals surface area contributed by atoms with Gasteiger partial charge in [-0.3, -0.25) is 9.48 Å². The fourth-order valence-electron chi connectivity index (χ4n) is 3.74. The van der Waals surface area contributed by atoms with Gasteiger partial charge in [0.25, 0.3) is 0 Å². The van der Waals surface area contributed by atoms with E-state index in [1.54, 1.807) is 0 Å². The maximum Gasteiger partial charge on any atom is 0.225 e. The van der Waals surface area contributed by atoms with E-state index >= 15 is 0 Å². The second-order valence-electron chi connectivity index (χ2n) is 7.05. The van der Waals surface area contributed by atoms with Crippen molar-refractivity contribution in [2.75, 3.05) is 19.8 Å². The number of carbonyl (C=O) groups excluding carboxylic acids is 1. The monoisotopic (exact) mass is 355 g/mol. The summed E-state index contributed by atoms with van der Waals surface area (Å²) in [7, 11) is 0. The number of carbonyl (C=O) groups is 1. The molecule has 0 aliphatic carbocycles. The number of hydrogen-bond donors (Lipinski definition) is 1. The lowest BCUT2D eigenvalue weighted by molar-refractivity contribution is -0.127. The third-order valence-electron chi connectivity index (χ3n) is 5.23. The Morgan fingerprint density at radius 3 is 2.88 bits per heavy atom. The molecule has 1 fully saturated rings. The normalized spacial score (nSPS) is 25.0. The van der Waals surface area contributed by atoms with Crippen LogP contribution in [0.1, 0.15) is 36.3 Å². The van der Waals surface area contributed by atoms with Crippen LogP contribution in [0.5, 0.6) is 0 Å². The molecule has 1 amide bonds. The second-order valence-corrected chi connectivity index (χ2v) is 7.05. The van der Waals surface area contributed by atoms with Crippen LogP contribution < -0.4 is 5.32 Å². The van der Waals surface area contributed by atoms with Gasteiger partial charge >= 0.3 is 0 Å². The third-order valence-corrected chi connectivity index (χ3v) is 5.23. The number of hydrogen-bond acceptors (Lipinski definition) is 4. The van der Waals surface area contributed by atoms with Crippen molar-refractivity contribution in [3.8, 4) is 0 Å². The van der Waals surface area contributed by atoms with Crippen LogP contribution in [0.15, 0.2) is 36.5 Å². The maximum atomic E-state index is 12.4. The van der Waals surface area contributed by atoms with Gasteiger partial charge in [0.2, 0.25) is 5.91 Å². The molecule has 6 nitrogen and oxygen atoms in total. The van der Waals surface area contributed by atoms with E-state index in [9.17, 15) is 4.79 Å². The van der Waals surface area contributed by atoms with Crippen LogP contribution >= 0.6 is 0 Å². The van der Waals surface area contributed by atoms with Gasteiger partial charge in [-0.05, 0) is 30.9 Å². The molecule has 2 aliphatic heterocycles. The first-order chi connectivity index (χ1) is 12.7. The second kappa shape index (κ2) is 7.60. The van der Waals surface area contributed by atoms with Crippen molar-refractivity contribution < 1.29 is 14.3 Å². The summed E-state index contributed by atoms with van der Waals surface area (Å²) in [6, 6.07) is 10.3. The first-order valence-corrected chi connectivity index (χ1v) is 9.32. The van der Waals surface area contributed by atoms with Crippen LogP contribution in [0.25, 0.3) is 0 Å². The van der Waals surface area contributed by atoms with E-state index in [4.69, 9.17) is 14.6 Å². The van der Waals surface area contributed by atoms with Gasteiger partial charge in [-0.1, -0.05) is 30.3 Å². The number of amides is 1.